The summed E-state index contributed by atoms with van der Waals surface area (Å²) in [6.07, 6.45) is 0. The van der Waals surface area contributed by atoms with Crippen LogP contribution in [0.2, 0.25) is 5.02 Å². The predicted molar refractivity (Wildman–Crippen MR) is 47.3 cm³/mol. The van der Waals surface area contributed by atoms with Gasteiger partial charge in [0.05, 0.1) is 17.2 Å². The maximum absolute atomic E-state index is 13.3. The maximum Gasteiger partial charge on any atom is 0.184 e. The summed E-state index contributed by atoms with van der Waals surface area (Å²) in [5.41, 5.74) is -0.0622. The fourth-order valence-corrected chi connectivity index (χ4v) is 1.10. The van der Waals surface area contributed by atoms with Crippen molar-refractivity contribution in [1.82, 2.24) is 0 Å². The summed E-state index contributed by atoms with van der Waals surface area (Å²) in [4.78, 5) is 0. The molecule has 0 aliphatic carbocycles. The van der Waals surface area contributed by atoms with Crippen LogP contribution in [-0.4, -0.2) is 6.61 Å². The Morgan fingerprint density at radius 2 is 2.31 bits per heavy atom. The predicted octanol–water partition coefficient (Wildman–Crippen LogP) is 2.75. The van der Waals surface area contributed by atoms with Crippen LogP contribution in [0.15, 0.2) is 12.1 Å². The lowest BCUT2D eigenvalue weighted by Crippen LogP contribution is -1.97. The molecule has 0 unspecified atom stereocenters. The lowest BCUT2D eigenvalue weighted by Gasteiger charge is -2.06. The molecule has 2 nitrogen and oxygen atoms in total. The molecule has 0 aromatic heterocycles. The first-order chi connectivity index (χ1) is 6.20. The average Bonchev–Trinajstić information content (AvgIpc) is 2.12. The normalized spacial score (nSPS) is 9.38. The monoisotopic (exact) mass is 199 g/mol. The Morgan fingerprint density at radius 1 is 1.62 bits per heavy atom. The molecule has 0 spiro atoms. The smallest absolute Gasteiger partial charge is 0.184 e. The van der Waals surface area contributed by atoms with Gasteiger partial charge in [-0.3, -0.25) is 0 Å². The van der Waals surface area contributed by atoms with Crippen molar-refractivity contribution in [2.45, 2.75) is 6.92 Å². The fourth-order valence-electron chi connectivity index (χ4n) is 0.895. The molecule has 4 heteroatoms. The number of ether oxygens (including phenoxy) is 1. The average molecular weight is 200 g/mol. The lowest BCUT2D eigenvalue weighted by atomic mass is 10.2. The third kappa shape index (κ3) is 1.90. The molecule has 0 N–H and O–H groups in total. The van der Waals surface area contributed by atoms with Gasteiger partial charge in [0.25, 0.3) is 0 Å². The van der Waals surface area contributed by atoms with E-state index in [-0.39, 0.29) is 16.3 Å². The molecule has 13 heavy (non-hydrogen) atoms. The Balaban J connectivity index is 3.23. The SMILES string of the molecule is CCOc1c(Cl)ccc(C#N)c1F. The van der Waals surface area contributed by atoms with Crippen molar-refractivity contribution in [1.29, 1.82) is 5.26 Å². The first-order valence-electron chi connectivity index (χ1n) is 3.71. The van der Waals surface area contributed by atoms with Crippen LogP contribution in [0, 0.1) is 17.1 Å². The van der Waals surface area contributed by atoms with Gasteiger partial charge in [-0.1, -0.05) is 11.6 Å². The van der Waals surface area contributed by atoms with Gasteiger partial charge in [-0.05, 0) is 19.1 Å². The van der Waals surface area contributed by atoms with Crippen molar-refractivity contribution in [2.75, 3.05) is 6.61 Å². The minimum absolute atomic E-state index is 0.0526. The molecule has 1 aromatic rings. The van der Waals surface area contributed by atoms with Gasteiger partial charge in [-0.2, -0.15) is 5.26 Å². The Labute approximate surface area is 80.5 Å². The summed E-state index contributed by atoms with van der Waals surface area (Å²) in [6.45, 7) is 2.03. The van der Waals surface area contributed by atoms with E-state index in [2.05, 4.69) is 0 Å². The van der Waals surface area contributed by atoms with Crippen LogP contribution >= 0.6 is 11.6 Å². The molecule has 0 amide bonds. The van der Waals surface area contributed by atoms with E-state index in [9.17, 15) is 4.39 Å². The number of halogens is 2. The standard InChI is InChI=1S/C9H7ClFNO/c1-2-13-9-7(10)4-3-6(5-12)8(9)11/h3-4H,2H2,1H3. The zero-order valence-corrected chi connectivity index (χ0v) is 7.73. The van der Waals surface area contributed by atoms with Crippen LogP contribution in [0.4, 0.5) is 4.39 Å². The van der Waals surface area contributed by atoms with E-state index >= 15 is 0 Å². The highest BCUT2D eigenvalue weighted by Crippen LogP contribution is 2.29. The molecule has 0 radical (unpaired) electrons. The van der Waals surface area contributed by atoms with Crippen LogP contribution in [0.25, 0.3) is 0 Å². The third-order valence-electron chi connectivity index (χ3n) is 1.46. The highest BCUT2D eigenvalue weighted by Gasteiger charge is 2.12. The number of hydrogen-bond donors (Lipinski definition) is 0. The van der Waals surface area contributed by atoms with Gasteiger partial charge in [0.1, 0.15) is 6.07 Å². The van der Waals surface area contributed by atoms with Crippen molar-refractivity contribution in [3.05, 3.63) is 28.5 Å². The molecule has 1 rings (SSSR count). The molecule has 1 aromatic carbocycles. The van der Waals surface area contributed by atoms with Gasteiger partial charge >= 0.3 is 0 Å². The van der Waals surface area contributed by atoms with Crippen molar-refractivity contribution in [3.63, 3.8) is 0 Å². The Hall–Kier alpha value is -1.27. The van der Waals surface area contributed by atoms with Crippen molar-refractivity contribution in [3.8, 4) is 11.8 Å². The summed E-state index contributed by atoms with van der Waals surface area (Å²) in [5, 5.41) is 8.69. The van der Waals surface area contributed by atoms with Gasteiger partial charge in [-0.25, -0.2) is 4.39 Å². The summed E-state index contributed by atoms with van der Waals surface area (Å²) >= 11 is 5.66. The van der Waals surface area contributed by atoms with Crippen LogP contribution in [0.1, 0.15) is 12.5 Å². The number of nitriles is 1. The van der Waals surface area contributed by atoms with Crippen LogP contribution in [-0.2, 0) is 0 Å². The molecular weight excluding hydrogens is 193 g/mol. The second-order valence-corrected chi connectivity index (χ2v) is 2.69. The van der Waals surface area contributed by atoms with Gasteiger partial charge in [0.2, 0.25) is 0 Å². The van der Waals surface area contributed by atoms with E-state index in [4.69, 9.17) is 21.6 Å². The maximum atomic E-state index is 13.3. The summed E-state index contributed by atoms with van der Waals surface area (Å²) in [6, 6.07) is 4.47. The van der Waals surface area contributed by atoms with E-state index in [1.807, 2.05) is 0 Å². The second-order valence-electron chi connectivity index (χ2n) is 2.28. The van der Waals surface area contributed by atoms with Crippen LogP contribution in [0.5, 0.6) is 5.75 Å². The number of nitrogens with zero attached hydrogens (tertiary/aromatic N) is 1. The minimum atomic E-state index is -0.697. The van der Waals surface area contributed by atoms with Crippen molar-refractivity contribution in [2.24, 2.45) is 0 Å². The Bertz CT molecular complexity index is 359. The zero-order chi connectivity index (χ0) is 9.84. The first kappa shape index (κ1) is 9.82. The molecule has 68 valence electrons. The fraction of sp³-hybridized carbons (Fsp3) is 0.222. The van der Waals surface area contributed by atoms with E-state index < -0.39 is 5.82 Å². The molecule has 0 fully saturated rings. The van der Waals surface area contributed by atoms with Crippen LogP contribution in [0.3, 0.4) is 0 Å². The van der Waals surface area contributed by atoms with Crippen LogP contribution < -0.4 is 4.74 Å². The summed E-state index contributed by atoms with van der Waals surface area (Å²) in [5.74, 6) is -0.750. The van der Waals surface area contributed by atoms with Gasteiger partial charge < -0.3 is 4.74 Å². The van der Waals surface area contributed by atoms with Gasteiger partial charge in [-0.15, -0.1) is 0 Å². The zero-order valence-electron chi connectivity index (χ0n) is 6.97. The number of rotatable bonds is 2. The van der Waals surface area contributed by atoms with Gasteiger partial charge in [0, 0.05) is 0 Å². The highest BCUT2D eigenvalue weighted by molar-refractivity contribution is 6.32. The van der Waals surface area contributed by atoms with Gasteiger partial charge in [0.15, 0.2) is 11.6 Å². The first-order valence-corrected chi connectivity index (χ1v) is 4.09. The molecule has 0 saturated carbocycles. The largest absolute Gasteiger partial charge is 0.489 e. The number of benzene rings is 1. The van der Waals surface area contributed by atoms with Crippen molar-refractivity contribution < 1.29 is 9.13 Å². The lowest BCUT2D eigenvalue weighted by molar-refractivity contribution is 0.321. The van der Waals surface area contributed by atoms with E-state index in [1.54, 1.807) is 13.0 Å². The Kier molecular flexibility index (Phi) is 3.10. The Morgan fingerprint density at radius 3 is 2.85 bits per heavy atom. The molecule has 0 aliphatic heterocycles. The quantitative estimate of drug-likeness (QED) is 0.734. The topological polar surface area (TPSA) is 33.0 Å². The molecule has 0 bridgehead atoms. The molecule has 0 aliphatic rings. The summed E-state index contributed by atoms with van der Waals surface area (Å²) < 4.78 is 18.2. The third-order valence-corrected chi connectivity index (χ3v) is 1.76. The second kappa shape index (κ2) is 4.11. The van der Waals surface area contributed by atoms with E-state index in [0.29, 0.717) is 6.61 Å². The molecule has 0 saturated heterocycles. The summed E-state index contributed by atoms with van der Waals surface area (Å²) in [7, 11) is 0. The molecule has 0 heterocycles. The van der Waals surface area contributed by atoms with E-state index in [0.717, 1.165) is 0 Å². The molecular formula is C9H7ClFNO. The minimum Gasteiger partial charge on any atom is -0.489 e. The number of hydrogen-bond acceptors (Lipinski definition) is 2. The highest BCUT2D eigenvalue weighted by atomic mass is 35.5. The van der Waals surface area contributed by atoms with E-state index in [1.165, 1.54) is 12.1 Å². The van der Waals surface area contributed by atoms with Crippen molar-refractivity contribution >= 4 is 11.6 Å². The molecule has 0 atom stereocenters.